The van der Waals surface area contributed by atoms with Gasteiger partial charge in [0.1, 0.15) is 17.3 Å². The molecule has 0 radical (unpaired) electrons. The molecule has 1 aliphatic carbocycles. The van der Waals surface area contributed by atoms with Crippen LogP contribution in [0.25, 0.3) is 0 Å². The van der Waals surface area contributed by atoms with E-state index < -0.39 is 47.1 Å². The summed E-state index contributed by atoms with van der Waals surface area (Å²) >= 11 is 0. The molecule has 0 spiro atoms. The van der Waals surface area contributed by atoms with Gasteiger partial charge in [0, 0.05) is 31.6 Å². The van der Waals surface area contributed by atoms with Crippen LogP contribution in [0.2, 0.25) is 0 Å². The second-order valence-corrected chi connectivity index (χ2v) is 6.78. The topological polar surface area (TPSA) is 82.6 Å². The van der Waals surface area contributed by atoms with Gasteiger partial charge < -0.3 is 9.47 Å². The highest BCUT2D eigenvalue weighted by Gasteiger charge is 2.46. The lowest BCUT2D eigenvalue weighted by atomic mass is 9.68. The van der Waals surface area contributed by atoms with Crippen LogP contribution in [0.15, 0.2) is 12.1 Å². The predicted molar refractivity (Wildman–Crippen MR) is 86.8 cm³/mol. The number of carbonyl (C=O) groups is 3. The lowest BCUT2D eigenvalue weighted by Gasteiger charge is -2.32. The van der Waals surface area contributed by atoms with Gasteiger partial charge in [0.2, 0.25) is 6.29 Å². The average Bonchev–Trinajstić information content (AvgIpc) is 2.60. The fourth-order valence-electron chi connectivity index (χ4n) is 2.98. The second kappa shape index (κ2) is 7.67. The summed E-state index contributed by atoms with van der Waals surface area (Å²) in [5, 5.41) is 0. The van der Waals surface area contributed by atoms with Gasteiger partial charge in [0.05, 0.1) is 0 Å². The van der Waals surface area contributed by atoms with E-state index in [4.69, 9.17) is 9.47 Å². The number of ether oxygens (including phenoxy) is 2. The summed E-state index contributed by atoms with van der Waals surface area (Å²) in [7, 11) is 2.53. The summed E-state index contributed by atoms with van der Waals surface area (Å²) < 4.78 is 36.1. The zero-order valence-corrected chi connectivity index (χ0v) is 15.0. The van der Waals surface area contributed by atoms with Crippen molar-refractivity contribution in [1.82, 2.24) is 4.98 Å². The molecule has 1 heterocycles. The van der Waals surface area contributed by atoms with E-state index in [-0.39, 0.29) is 17.7 Å². The SMILES string of the molecule is COC(OC)c1nc(C(F)F)ccc1C(=O)C1C(=O)CCC(C)(C)C1=O. The number of aromatic nitrogens is 1. The van der Waals surface area contributed by atoms with Crippen LogP contribution in [0.5, 0.6) is 0 Å². The van der Waals surface area contributed by atoms with Crippen molar-refractivity contribution in [2.75, 3.05) is 14.2 Å². The zero-order valence-electron chi connectivity index (χ0n) is 15.0. The monoisotopic (exact) mass is 369 g/mol. The fourth-order valence-corrected chi connectivity index (χ4v) is 2.98. The highest BCUT2D eigenvalue weighted by molar-refractivity contribution is 6.26. The summed E-state index contributed by atoms with van der Waals surface area (Å²) in [6, 6.07) is 2.13. The summed E-state index contributed by atoms with van der Waals surface area (Å²) in [5.41, 5.74) is -1.68. The van der Waals surface area contributed by atoms with Crippen LogP contribution in [0.3, 0.4) is 0 Å². The Morgan fingerprint density at radius 3 is 2.38 bits per heavy atom. The molecule has 1 aromatic heterocycles. The number of carbonyl (C=O) groups excluding carboxylic acids is 3. The Morgan fingerprint density at radius 2 is 1.85 bits per heavy atom. The normalized spacial score (nSPS) is 20.1. The Labute approximate surface area is 149 Å². The Bertz CT molecular complexity index is 728. The van der Waals surface area contributed by atoms with Gasteiger partial charge in [-0.1, -0.05) is 13.8 Å². The van der Waals surface area contributed by atoms with Gasteiger partial charge >= 0.3 is 0 Å². The van der Waals surface area contributed by atoms with Crippen LogP contribution in [-0.4, -0.2) is 36.6 Å². The van der Waals surface area contributed by atoms with Crippen LogP contribution < -0.4 is 0 Å². The van der Waals surface area contributed by atoms with Crippen molar-refractivity contribution in [3.05, 3.63) is 29.1 Å². The van der Waals surface area contributed by atoms with E-state index >= 15 is 0 Å². The number of pyridine rings is 1. The maximum Gasteiger partial charge on any atom is 0.280 e. The van der Waals surface area contributed by atoms with E-state index in [1.165, 1.54) is 14.2 Å². The number of methoxy groups -OCH3 is 2. The molecule has 26 heavy (non-hydrogen) atoms. The number of Topliss-reactive ketones (excluding diaryl/α,β-unsaturated/α-hetero) is 3. The van der Waals surface area contributed by atoms with E-state index in [9.17, 15) is 23.2 Å². The van der Waals surface area contributed by atoms with E-state index in [2.05, 4.69) is 4.98 Å². The van der Waals surface area contributed by atoms with Crippen molar-refractivity contribution in [2.45, 2.75) is 39.4 Å². The van der Waals surface area contributed by atoms with Crippen LogP contribution >= 0.6 is 0 Å². The molecule has 0 aliphatic heterocycles. The molecular formula is C18H21F2NO5. The molecule has 1 aromatic rings. The summed E-state index contributed by atoms with van der Waals surface area (Å²) in [4.78, 5) is 41.6. The number of rotatable bonds is 6. The fraction of sp³-hybridized carbons (Fsp3) is 0.556. The number of ketones is 3. The van der Waals surface area contributed by atoms with E-state index in [1.807, 2.05) is 0 Å². The van der Waals surface area contributed by atoms with Crippen molar-refractivity contribution < 1.29 is 32.6 Å². The number of hydrogen-bond donors (Lipinski definition) is 0. The lowest BCUT2D eigenvalue weighted by Crippen LogP contribution is -2.45. The number of hydrogen-bond acceptors (Lipinski definition) is 6. The third-order valence-corrected chi connectivity index (χ3v) is 4.60. The van der Waals surface area contributed by atoms with Gasteiger partial charge in [-0.3, -0.25) is 14.4 Å². The van der Waals surface area contributed by atoms with Crippen molar-refractivity contribution in [2.24, 2.45) is 11.3 Å². The minimum atomic E-state index is -2.86. The number of nitrogens with zero attached hydrogens (tertiary/aromatic N) is 1. The average molecular weight is 369 g/mol. The smallest absolute Gasteiger partial charge is 0.280 e. The predicted octanol–water partition coefficient (Wildman–Crippen LogP) is 3.07. The van der Waals surface area contributed by atoms with E-state index in [1.54, 1.807) is 13.8 Å². The molecule has 1 fully saturated rings. The highest BCUT2D eigenvalue weighted by Crippen LogP contribution is 2.36. The quantitative estimate of drug-likeness (QED) is 0.435. The van der Waals surface area contributed by atoms with Crippen molar-refractivity contribution in [1.29, 1.82) is 0 Å². The molecule has 0 saturated heterocycles. The van der Waals surface area contributed by atoms with Gasteiger partial charge in [-0.05, 0) is 18.6 Å². The standard InChI is InChI=1S/C18H21F2NO5/c1-18(2)8-7-11(22)12(15(18)24)14(23)9-5-6-10(16(19)20)21-13(9)17(25-3)26-4/h5-6,12,16-17H,7-8H2,1-4H3. The van der Waals surface area contributed by atoms with Crippen molar-refractivity contribution >= 4 is 17.3 Å². The molecule has 0 N–H and O–H groups in total. The Morgan fingerprint density at radius 1 is 1.23 bits per heavy atom. The lowest BCUT2D eigenvalue weighted by molar-refractivity contribution is -0.140. The molecule has 1 atom stereocenters. The Hall–Kier alpha value is -2.06. The maximum atomic E-state index is 13.0. The molecule has 1 aliphatic rings. The van der Waals surface area contributed by atoms with E-state index in [0.717, 1.165) is 12.1 Å². The van der Waals surface area contributed by atoms with Gasteiger partial charge in [-0.15, -0.1) is 0 Å². The summed E-state index contributed by atoms with van der Waals surface area (Å²) in [5.74, 6) is -3.19. The molecule has 0 amide bonds. The first-order valence-corrected chi connectivity index (χ1v) is 8.10. The molecule has 8 heteroatoms. The summed E-state index contributed by atoms with van der Waals surface area (Å²) in [6.07, 6.45) is -3.58. The molecule has 142 valence electrons. The van der Waals surface area contributed by atoms with Gasteiger partial charge in [-0.25, -0.2) is 13.8 Å². The second-order valence-electron chi connectivity index (χ2n) is 6.78. The molecule has 0 bridgehead atoms. The van der Waals surface area contributed by atoms with E-state index in [0.29, 0.717) is 6.42 Å². The zero-order chi connectivity index (χ0) is 19.6. The van der Waals surface area contributed by atoms with Gasteiger partial charge in [0.25, 0.3) is 6.43 Å². The first kappa shape index (κ1) is 20.3. The molecule has 1 unspecified atom stereocenters. The van der Waals surface area contributed by atoms with Crippen LogP contribution in [-0.2, 0) is 19.1 Å². The largest absolute Gasteiger partial charge is 0.350 e. The van der Waals surface area contributed by atoms with Crippen molar-refractivity contribution in [3.8, 4) is 0 Å². The Balaban J connectivity index is 2.53. The van der Waals surface area contributed by atoms with Crippen LogP contribution in [0.4, 0.5) is 8.78 Å². The molecule has 2 rings (SSSR count). The summed E-state index contributed by atoms with van der Waals surface area (Å²) in [6.45, 7) is 3.35. The van der Waals surface area contributed by atoms with Crippen LogP contribution in [0, 0.1) is 11.3 Å². The number of alkyl halides is 2. The molecule has 6 nitrogen and oxygen atoms in total. The minimum Gasteiger partial charge on any atom is -0.350 e. The number of halogens is 2. The molecular weight excluding hydrogens is 348 g/mol. The third-order valence-electron chi connectivity index (χ3n) is 4.60. The van der Waals surface area contributed by atoms with Gasteiger partial charge in [-0.2, -0.15) is 0 Å². The van der Waals surface area contributed by atoms with Crippen molar-refractivity contribution in [3.63, 3.8) is 0 Å². The highest BCUT2D eigenvalue weighted by atomic mass is 19.3. The molecule has 1 saturated carbocycles. The molecule has 0 aromatic carbocycles. The first-order valence-electron chi connectivity index (χ1n) is 8.10. The van der Waals surface area contributed by atoms with Gasteiger partial charge in [0.15, 0.2) is 17.3 Å². The first-order chi connectivity index (χ1) is 12.1. The minimum absolute atomic E-state index is 0.102. The Kier molecular flexibility index (Phi) is 5.98. The van der Waals surface area contributed by atoms with Crippen LogP contribution in [0.1, 0.15) is 61.2 Å². The maximum absolute atomic E-state index is 13.0. The third kappa shape index (κ3) is 3.71.